The highest BCUT2D eigenvalue weighted by Gasteiger charge is 2.40. The van der Waals surface area contributed by atoms with Gasteiger partial charge in [0, 0.05) is 7.11 Å². The molecule has 122 heavy (non-hydrogen) atoms. The van der Waals surface area contributed by atoms with Gasteiger partial charge in [-0.05, 0) is 140 Å². The van der Waals surface area contributed by atoms with Crippen molar-refractivity contribution in [3.63, 3.8) is 0 Å². The second-order valence-electron chi connectivity index (χ2n) is 26.9. The van der Waals surface area contributed by atoms with Crippen molar-refractivity contribution in [1.82, 2.24) is 0 Å². The number of ether oxygens (including phenoxy) is 3. The van der Waals surface area contributed by atoms with E-state index < -0.39 is 258 Å². The summed E-state index contributed by atoms with van der Waals surface area (Å²) in [5, 5.41) is 9.20. The van der Waals surface area contributed by atoms with Crippen molar-refractivity contribution in [1.29, 1.82) is 0 Å². The Balaban J connectivity index is 5.72. The molecule has 0 saturated heterocycles. The van der Waals surface area contributed by atoms with Gasteiger partial charge in [-0.3, -0.25) is 136 Å². The fourth-order valence-electron chi connectivity index (χ4n) is 7.60. The molecular weight excluding hydrogens is 1830 g/mol. The fourth-order valence-corrected chi connectivity index (χ4v) is 21.4. The van der Waals surface area contributed by atoms with Crippen LogP contribution in [0.15, 0.2) is 0 Å². The predicted octanol–water partition coefficient (Wildman–Crippen LogP) is 19.6. The van der Waals surface area contributed by atoms with Gasteiger partial charge in [0.2, 0.25) is 0 Å². The molecule has 0 aromatic heterocycles. The number of aliphatic hydroxyl groups excluding tert-OH is 1. The molecule has 0 fully saturated rings. The van der Waals surface area contributed by atoms with Gasteiger partial charge in [0.15, 0.2) is 0 Å². The van der Waals surface area contributed by atoms with Gasteiger partial charge in [-0.15, -0.1) is 0 Å². The summed E-state index contributed by atoms with van der Waals surface area (Å²) in [5.74, 6) is 0. The Morgan fingerprint density at radius 1 is 0.189 bits per heavy atom. The minimum atomic E-state index is -4.47. The van der Waals surface area contributed by atoms with Crippen LogP contribution in [-0.4, -0.2) is 245 Å². The average molecular weight is 1980 g/mol. The van der Waals surface area contributed by atoms with Gasteiger partial charge in [-0.2, -0.15) is 0 Å². The van der Waals surface area contributed by atoms with E-state index in [2.05, 4.69) is 0 Å². The van der Waals surface area contributed by atoms with E-state index in [-0.39, 0.29) is 52.9 Å². The maximum absolute atomic E-state index is 14.0. The molecule has 0 aliphatic rings. The van der Waals surface area contributed by atoms with Gasteiger partial charge < -0.3 is 19.3 Å². The van der Waals surface area contributed by atoms with Crippen LogP contribution in [0.5, 0.6) is 0 Å². The first kappa shape index (κ1) is 123. The maximum atomic E-state index is 14.0. The summed E-state index contributed by atoms with van der Waals surface area (Å²) in [6.07, 6.45) is -2.60. The molecule has 0 aliphatic heterocycles. The quantitative estimate of drug-likeness (QED) is 0.0436. The average Bonchev–Trinajstić information content (AvgIpc) is 0.859. The largest absolute Gasteiger partial charge is 0.475 e. The smallest absolute Gasteiger partial charge is 0.394 e. The maximum Gasteiger partial charge on any atom is 0.475 e. The lowest BCUT2D eigenvalue weighted by molar-refractivity contribution is -0.0297. The lowest BCUT2D eigenvalue weighted by atomic mass is 10.3. The second kappa shape index (κ2) is 68.0. The lowest BCUT2D eigenvalue weighted by Gasteiger charge is -2.24. The molecule has 0 bridgehead atoms. The molecule has 0 spiro atoms. The van der Waals surface area contributed by atoms with Crippen LogP contribution in [0.1, 0.15) is 210 Å². The number of hydrogen-bond acceptors (Lipinski definition) is 44. The molecule has 21 atom stereocenters. The Morgan fingerprint density at radius 2 is 0.320 bits per heavy atom. The topological polar surface area (TPSA) is 496 Å². The SMILES string of the molecule is CCC(C)OP(=O)(OCCO)OCCOP(=O)(OCCOP(=O)(OCCOP(=O)(OCCOP(=O)(OCCOCC(C)OCCOP(=O)(OCCOP(=O)(OCCOP(=O)(OCCOP(=O)(OCCOP(=O)(OCCOC)OC(C)CC)OC(C)CC)OC(C)CC)OC(C)CC)OC(C)CC)OC(C)CC)OC(C)CC)OC(C)CC)OC(C)CC. The first-order valence-electron chi connectivity index (χ1n) is 41.5. The monoisotopic (exact) mass is 1980 g/mol. The molecule has 0 saturated carbocycles. The summed E-state index contributed by atoms with van der Waals surface area (Å²) >= 11 is 0. The van der Waals surface area contributed by atoms with Crippen LogP contribution in [0.3, 0.4) is 0 Å². The molecule has 0 rings (SSSR count). The summed E-state index contributed by atoms with van der Waals surface area (Å²) < 4.78 is 320. The second-order valence-corrected chi connectivity index (χ2v) is 43.1. The summed E-state index contributed by atoms with van der Waals surface area (Å²) in [7, 11) is -42.1. The van der Waals surface area contributed by atoms with Gasteiger partial charge in [0.1, 0.15) is 0 Å². The molecule has 0 aromatic carbocycles. The van der Waals surface area contributed by atoms with Crippen LogP contribution in [0, 0.1) is 0 Å². The standard InChI is InChI=1S/C68H148O44P10/c1-23-58(11)103-113(70,83-34-33-69)87-41-42-91-117(74,107-62(15)27-5)95-49-50-99-121(78,111-66(19)31-9)101-55-52-97-119(76,109-64(17)29-7)93-47-44-89-115(72,105-60(13)25-3)85-39-36-81-57-68(21)82-37-40-86-116(73,106-61(14)26-4)90-45-48-94-120(77,110-65(18)30-8)98-53-56-102-122(79,112-67(20)32-10)100-54-51-96-118(75,108-63(16)28-6)92-46-43-88-114(71,84-38-35-80-22)104-59(12)24-2/h58-69H,23-57H2,1-22H3. The van der Waals surface area contributed by atoms with Gasteiger partial charge in [0.05, 0.1) is 232 Å². The molecule has 21 unspecified atom stereocenters. The summed E-state index contributed by atoms with van der Waals surface area (Å²) in [6.45, 7) is 26.0. The van der Waals surface area contributed by atoms with E-state index in [0.29, 0.717) is 64.2 Å². The van der Waals surface area contributed by atoms with Crippen molar-refractivity contribution in [2.45, 2.75) is 277 Å². The molecule has 0 radical (unpaired) electrons. The number of methoxy groups -OCH3 is 1. The Labute approximate surface area is 724 Å². The highest BCUT2D eigenvalue weighted by Crippen LogP contribution is 2.60. The van der Waals surface area contributed by atoms with Crippen molar-refractivity contribution < 1.29 is 201 Å². The molecule has 0 amide bonds. The molecule has 54 heteroatoms. The Hall–Kier alpha value is 0.940. The van der Waals surface area contributed by atoms with Crippen molar-refractivity contribution in [3.05, 3.63) is 0 Å². The highest BCUT2D eigenvalue weighted by molar-refractivity contribution is 7.51. The zero-order chi connectivity index (χ0) is 92.4. The Morgan fingerprint density at radius 3 is 0.459 bits per heavy atom. The molecule has 44 nitrogen and oxygen atoms in total. The summed E-state index contributed by atoms with van der Waals surface area (Å²) in [4.78, 5) is 0. The molecular formula is C68H148O44P10. The van der Waals surface area contributed by atoms with Crippen LogP contribution in [0.2, 0.25) is 0 Å². The van der Waals surface area contributed by atoms with Gasteiger partial charge in [0.25, 0.3) is 0 Å². The predicted molar refractivity (Wildman–Crippen MR) is 449 cm³/mol. The molecule has 1 N–H and O–H groups in total. The van der Waals surface area contributed by atoms with Gasteiger partial charge in [-0.25, -0.2) is 45.7 Å². The van der Waals surface area contributed by atoms with Crippen molar-refractivity contribution in [2.24, 2.45) is 0 Å². The van der Waals surface area contributed by atoms with Crippen LogP contribution in [0.4, 0.5) is 0 Å². The van der Waals surface area contributed by atoms with Crippen molar-refractivity contribution >= 4 is 78.2 Å². The Kier molecular flexibility index (Phi) is 68.5. The van der Waals surface area contributed by atoms with Crippen molar-refractivity contribution in [2.75, 3.05) is 172 Å². The van der Waals surface area contributed by atoms with Gasteiger partial charge >= 0.3 is 78.2 Å². The van der Waals surface area contributed by atoms with E-state index in [0.717, 1.165) is 0 Å². The first-order chi connectivity index (χ1) is 57.4. The zero-order valence-corrected chi connectivity index (χ0v) is 84.5. The van der Waals surface area contributed by atoms with Crippen LogP contribution in [0.25, 0.3) is 0 Å². The summed E-state index contributed by atoms with van der Waals surface area (Å²) in [5.41, 5.74) is 0. The van der Waals surface area contributed by atoms with Crippen LogP contribution < -0.4 is 0 Å². The number of phosphoric acid groups is 10. The van der Waals surface area contributed by atoms with E-state index in [4.69, 9.17) is 150 Å². The highest BCUT2D eigenvalue weighted by atomic mass is 31.2. The van der Waals surface area contributed by atoms with E-state index in [9.17, 15) is 50.8 Å². The number of hydrogen-bond donors (Lipinski definition) is 1. The van der Waals surface area contributed by atoms with Gasteiger partial charge in [-0.1, -0.05) is 69.2 Å². The van der Waals surface area contributed by atoms with Crippen molar-refractivity contribution in [3.8, 4) is 0 Å². The molecule has 0 aliphatic carbocycles. The summed E-state index contributed by atoms with van der Waals surface area (Å²) in [6, 6.07) is 0. The van der Waals surface area contributed by atoms with E-state index >= 15 is 0 Å². The van der Waals surface area contributed by atoms with E-state index in [1.165, 1.54) is 7.11 Å². The van der Waals surface area contributed by atoms with E-state index in [1.807, 2.05) is 6.92 Å². The number of phosphoric ester groups is 10. The number of aliphatic hydroxyl groups is 1. The number of rotatable bonds is 88. The lowest BCUT2D eigenvalue weighted by Crippen LogP contribution is -2.21. The normalized spacial score (nSPS) is 20.2. The third-order valence-electron chi connectivity index (χ3n) is 15.9. The van der Waals surface area contributed by atoms with Crippen LogP contribution >= 0.6 is 78.2 Å². The minimum Gasteiger partial charge on any atom is -0.394 e. The third kappa shape index (κ3) is 59.5. The zero-order valence-electron chi connectivity index (χ0n) is 75.6. The fraction of sp³-hybridized carbons (Fsp3) is 1.00. The van der Waals surface area contributed by atoms with Crippen LogP contribution in [-0.2, 0) is 196 Å². The minimum absolute atomic E-state index is 0.0147. The van der Waals surface area contributed by atoms with E-state index in [1.54, 1.807) is 138 Å². The third-order valence-corrected chi connectivity index (χ3v) is 32.1. The Bertz CT molecular complexity index is 3170. The first-order valence-corrected chi connectivity index (χ1v) is 56.1. The molecule has 0 heterocycles. The molecule has 0 aromatic rings. The molecule has 734 valence electrons.